The summed E-state index contributed by atoms with van der Waals surface area (Å²) in [6, 6.07) is 0. The number of ether oxygens (including phenoxy) is 2. The fourth-order valence-corrected chi connectivity index (χ4v) is 1.67. The first kappa shape index (κ1) is 17.9. The van der Waals surface area contributed by atoms with Crippen LogP contribution >= 0.6 is 0 Å². The van der Waals surface area contributed by atoms with Crippen LogP contribution in [-0.2, 0) is 19.1 Å². The average molecular weight is 275 g/mol. The predicted molar refractivity (Wildman–Crippen MR) is 70.4 cm³/mol. The van der Waals surface area contributed by atoms with Crippen LogP contribution in [0.2, 0.25) is 0 Å². The van der Waals surface area contributed by atoms with E-state index in [0.717, 1.165) is 19.3 Å². The lowest BCUT2D eigenvalue weighted by Crippen LogP contribution is -2.48. The van der Waals surface area contributed by atoms with Crippen LogP contribution in [0.4, 0.5) is 0 Å². The van der Waals surface area contributed by atoms with E-state index >= 15 is 0 Å². The molecule has 3 N–H and O–H groups in total. The van der Waals surface area contributed by atoms with Crippen molar-refractivity contribution in [2.24, 2.45) is 5.73 Å². The summed E-state index contributed by atoms with van der Waals surface area (Å²) in [5.41, 5.74) is 3.19. The van der Waals surface area contributed by atoms with E-state index in [-0.39, 0.29) is 19.6 Å². The van der Waals surface area contributed by atoms with Crippen LogP contribution in [0.1, 0.15) is 46.0 Å². The van der Waals surface area contributed by atoms with Gasteiger partial charge in [-0.3, -0.25) is 0 Å². The van der Waals surface area contributed by atoms with Gasteiger partial charge >= 0.3 is 11.9 Å². The zero-order valence-corrected chi connectivity index (χ0v) is 11.8. The Morgan fingerprint density at radius 1 is 1.00 bits per heavy atom. The van der Waals surface area contributed by atoms with E-state index in [2.05, 4.69) is 0 Å². The molecule has 0 heterocycles. The van der Waals surface area contributed by atoms with Crippen molar-refractivity contribution < 1.29 is 24.2 Å². The van der Waals surface area contributed by atoms with E-state index in [0.29, 0.717) is 13.0 Å². The molecule has 6 heteroatoms. The van der Waals surface area contributed by atoms with Gasteiger partial charge in [-0.05, 0) is 39.7 Å². The number of esters is 2. The third-order valence-corrected chi connectivity index (χ3v) is 2.72. The lowest BCUT2D eigenvalue weighted by atomic mass is 9.96. The Kier molecular flexibility index (Phi) is 9.16. The molecule has 0 amide bonds. The Morgan fingerprint density at radius 3 is 1.89 bits per heavy atom. The highest BCUT2D eigenvalue weighted by atomic mass is 16.6. The van der Waals surface area contributed by atoms with Crippen molar-refractivity contribution in [1.29, 1.82) is 0 Å². The maximum absolute atomic E-state index is 11.7. The summed E-state index contributed by atoms with van der Waals surface area (Å²) < 4.78 is 9.49. The van der Waals surface area contributed by atoms with Gasteiger partial charge in [0.1, 0.15) is 0 Å². The maximum atomic E-state index is 11.7. The molecule has 0 aliphatic heterocycles. The monoisotopic (exact) mass is 275 g/mol. The molecule has 0 unspecified atom stereocenters. The number of hydrogen-bond donors (Lipinski definition) is 2. The van der Waals surface area contributed by atoms with Crippen molar-refractivity contribution in [3.8, 4) is 0 Å². The standard InChI is InChI=1S/C13H25NO5/c1-3-18-11(15)13(17,12(16)19-4-2)9-7-5-6-8-10-14/h17H,3-10,14H2,1-2H3. The Bertz CT molecular complexity index is 262. The van der Waals surface area contributed by atoms with Crippen LogP contribution in [-0.4, -0.2) is 42.4 Å². The molecular weight excluding hydrogens is 250 g/mol. The molecule has 19 heavy (non-hydrogen) atoms. The van der Waals surface area contributed by atoms with Gasteiger partial charge in [0.15, 0.2) is 0 Å². The van der Waals surface area contributed by atoms with Crippen molar-refractivity contribution >= 4 is 11.9 Å². The van der Waals surface area contributed by atoms with Crippen molar-refractivity contribution in [1.82, 2.24) is 0 Å². The molecule has 112 valence electrons. The van der Waals surface area contributed by atoms with Gasteiger partial charge in [0.25, 0.3) is 5.60 Å². The molecule has 0 atom stereocenters. The molecule has 0 spiro atoms. The Morgan fingerprint density at radius 2 is 1.47 bits per heavy atom. The SMILES string of the molecule is CCOC(=O)C(O)(CCCCCCN)C(=O)OCC. The molecule has 6 nitrogen and oxygen atoms in total. The van der Waals surface area contributed by atoms with Gasteiger partial charge in [-0.1, -0.05) is 12.8 Å². The molecule has 0 aromatic rings. The first-order valence-corrected chi connectivity index (χ1v) is 6.79. The smallest absolute Gasteiger partial charge is 0.350 e. The van der Waals surface area contributed by atoms with Gasteiger partial charge in [-0.2, -0.15) is 0 Å². The molecule has 0 aromatic heterocycles. The van der Waals surface area contributed by atoms with Gasteiger partial charge in [0, 0.05) is 0 Å². The quantitative estimate of drug-likeness (QED) is 0.347. The molecule has 0 rings (SSSR count). The minimum atomic E-state index is -2.19. The molecule has 0 fully saturated rings. The topological polar surface area (TPSA) is 98.9 Å². The van der Waals surface area contributed by atoms with Crippen LogP contribution in [0.3, 0.4) is 0 Å². The molecule has 0 bridgehead atoms. The largest absolute Gasteiger partial charge is 0.463 e. The molecule has 0 aromatic carbocycles. The number of rotatable bonds is 10. The normalized spacial score (nSPS) is 11.2. The lowest BCUT2D eigenvalue weighted by Gasteiger charge is -2.23. The number of nitrogens with two attached hydrogens (primary N) is 1. The zero-order chi connectivity index (χ0) is 14.7. The lowest BCUT2D eigenvalue weighted by molar-refractivity contribution is -0.184. The van der Waals surface area contributed by atoms with Gasteiger partial charge in [-0.25, -0.2) is 9.59 Å². The van der Waals surface area contributed by atoms with Gasteiger partial charge in [0.2, 0.25) is 0 Å². The second-order valence-corrected chi connectivity index (χ2v) is 4.25. The number of aliphatic hydroxyl groups is 1. The third-order valence-electron chi connectivity index (χ3n) is 2.72. The fraction of sp³-hybridized carbons (Fsp3) is 0.846. The summed E-state index contributed by atoms with van der Waals surface area (Å²) in [7, 11) is 0. The van der Waals surface area contributed by atoms with Crippen molar-refractivity contribution in [2.75, 3.05) is 19.8 Å². The fourth-order valence-electron chi connectivity index (χ4n) is 1.67. The Balaban J connectivity index is 4.49. The van der Waals surface area contributed by atoms with E-state index in [9.17, 15) is 14.7 Å². The van der Waals surface area contributed by atoms with Crippen molar-refractivity contribution in [2.45, 2.75) is 51.6 Å². The summed E-state index contributed by atoms with van der Waals surface area (Å²) in [6.45, 7) is 4.05. The number of unbranched alkanes of at least 4 members (excludes halogenated alkanes) is 3. The summed E-state index contributed by atoms with van der Waals surface area (Å²) in [6.07, 6.45) is 3.12. The minimum absolute atomic E-state index is 0.00916. The Hall–Kier alpha value is -1.14. The van der Waals surface area contributed by atoms with Crippen LogP contribution in [0.25, 0.3) is 0 Å². The highest BCUT2D eigenvalue weighted by Gasteiger charge is 2.46. The first-order valence-electron chi connectivity index (χ1n) is 6.79. The Labute approximate surface area is 114 Å². The number of hydrogen-bond acceptors (Lipinski definition) is 6. The van der Waals surface area contributed by atoms with Gasteiger partial charge in [0.05, 0.1) is 13.2 Å². The van der Waals surface area contributed by atoms with E-state index < -0.39 is 17.5 Å². The van der Waals surface area contributed by atoms with E-state index in [4.69, 9.17) is 15.2 Å². The molecule has 0 aliphatic rings. The summed E-state index contributed by atoms with van der Waals surface area (Å²) in [5, 5.41) is 10.2. The van der Waals surface area contributed by atoms with Crippen LogP contribution in [0.15, 0.2) is 0 Å². The highest BCUT2D eigenvalue weighted by molar-refractivity contribution is 6.03. The molecule has 0 saturated carbocycles. The van der Waals surface area contributed by atoms with E-state index in [1.165, 1.54) is 0 Å². The van der Waals surface area contributed by atoms with Gasteiger partial charge in [-0.15, -0.1) is 0 Å². The van der Waals surface area contributed by atoms with Crippen LogP contribution in [0.5, 0.6) is 0 Å². The zero-order valence-electron chi connectivity index (χ0n) is 11.8. The molecule has 0 aliphatic carbocycles. The van der Waals surface area contributed by atoms with Crippen LogP contribution < -0.4 is 5.73 Å². The van der Waals surface area contributed by atoms with E-state index in [1.54, 1.807) is 13.8 Å². The molecular formula is C13H25NO5. The summed E-state index contributed by atoms with van der Waals surface area (Å²) in [5.74, 6) is -1.88. The minimum Gasteiger partial charge on any atom is -0.463 e. The molecule has 0 radical (unpaired) electrons. The van der Waals surface area contributed by atoms with Crippen molar-refractivity contribution in [3.05, 3.63) is 0 Å². The van der Waals surface area contributed by atoms with Gasteiger partial charge < -0.3 is 20.3 Å². The second-order valence-electron chi connectivity index (χ2n) is 4.25. The van der Waals surface area contributed by atoms with E-state index in [1.807, 2.05) is 0 Å². The molecule has 0 saturated heterocycles. The maximum Gasteiger partial charge on any atom is 0.350 e. The first-order chi connectivity index (χ1) is 9.02. The average Bonchev–Trinajstić information content (AvgIpc) is 2.38. The third kappa shape index (κ3) is 6.02. The number of carbonyl (C=O) groups excluding carboxylic acids is 2. The number of carbonyl (C=O) groups is 2. The van der Waals surface area contributed by atoms with Crippen molar-refractivity contribution in [3.63, 3.8) is 0 Å². The second kappa shape index (κ2) is 9.75. The summed E-state index contributed by atoms with van der Waals surface area (Å²) in [4.78, 5) is 23.4. The van der Waals surface area contributed by atoms with Crippen LogP contribution in [0, 0.1) is 0 Å². The highest BCUT2D eigenvalue weighted by Crippen LogP contribution is 2.19. The summed E-state index contributed by atoms with van der Waals surface area (Å²) >= 11 is 0. The predicted octanol–water partition coefficient (Wildman–Crippen LogP) is 0.753.